The van der Waals surface area contributed by atoms with Gasteiger partial charge in [0, 0.05) is 25.0 Å². The van der Waals surface area contributed by atoms with Gasteiger partial charge in [0.15, 0.2) is 0 Å². The van der Waals surface area contributed by atoms with E-state index in [9.17, 15) is 19.8 Å². The Kier molecular flexibility index (Phi) is 33.5. The van der Waals surface area contributed by atoms with E-state index in [0.29, 0.717) is 13.1 Å². The molecule has 0 saturated heterocycles. The molecule has 7 heteroatoms. The van der Waals surface area contributed by atoms with Crippen molar-refractivity contribution >= 4 is 11.9 Å². The second-order valence-corrected chi connectivity index (χ2v) is 8.02. The molecule has 0 aliphatic carbocycles. The molecule has 5 nitrogen and oxygen atoms in total. The molecule has 0 aliphatic rings. The normalized spacial score (nSPS) is 10.8. The quantitative estimate of drug-likeness (QED) is 0.103. The van der Waals surface area contributed by atoms with Crippen molar-refractivity contribution < 1.29 is 78.9 Å². The molecule has 0 spiro atoms. The molecule has 0 rings (SSSR count). The summed E-state index contributed by atoms with van der Waals surface area (Å²) in [5, 5.41) is 21.2. The minimum absolute atomic E-state index is 0. The van der Waals surface area contributed by atoms with Crippen molar-refractivity contribution in [3.05, 3.63) is 12.2 Å². The molecule has 0 radical (unpaired) electrons. The van der Waals surface area contributed by atoms with Crippen LogP contribution in [0.1, 0.15) is 110 Å². The molecular formula is C24H43NNa2O4. The molecule has 0 N–H and O–H groups in total. The number of carboxylic acids is 2. The van der Waals surface area contributed by atoms with E-state index in [2.05, 4.69) is 19.1 Å². The van der Waals surface area contributed by atoms with Crippen LogP contribution in [0.5, 0.6) is 0 Å². The van der Waals surface area contributed by atoms with Crippen molar-refractivity contribution in [2.75, 3.05) is 19.6 Å². The standard InChI is InChI=1S/C24H45NO4.2Na/c1-2-3-4-5-6-7-8-9-10-11-12-13-14-15-16-17-20-25(21-18-23(26)27)22-19-24(28)29;;/h9-10H,2-8,11-22H2,1H3,(H,26,27)(H,28,29);;/q;2*+1/p-2/b10-9+;;. The first kappa shape index (κ1) is 36.2. The summed E-state index contributed by atoms with van der Waals surface area (Å²) in [5.74, 6) is -2.19. The second kappa shape index (κ2) is 28.7. The van der Waals surface area contributed by atoms with Gasteiger partial charge >= 0.3 is 59.1 Å². The number of carbonyl (C=O) groups is 2. The zero-order valence-corrected chi connectivity index (χ0v) is 24.7. The van der Waals surface area contributed by atoms with Gasteiger partial charge in [-0.25, -0.2) is 0 Å². The Hall–Kier alpha value is 0.640. The van der Waals surface area contributed by atoms with Gasteiger partial charge in [-0.15, -0.1) is 0 Å². The van der Waals surface area contributed by atoms with Crippen LogP contribution in [-0.4, -0.2) is 36.5 Å². The summed E-state index contributed by atoms with van der Waals surface area (Å²) >= 11 is 0. The van der Waals surface area contributed by atoms with Crippen LogP contribution in [0.15, 0.2) is 12.2 Å². The Morgan fingerprint density at radius 2 is 1.00 bits per heavy atom. The van der Waals surface area contributed by atoms with Gasteiger partial charge in [0.2, 0.25) is 0 Å². The summed E-state index contributed by atoms with van der Waals surface area (Å²) in [7, 11) is 0. The van der Waals surface area contributed by atoms with E-state index in [1.54, 1.807) is 0 Å². The zero-order chi connectivity index (χ0) is 21.6. The Bertz CT molecular complexity index is 416. The van der Waals surface area contributed by atoms with E-state index >= 15 is 0 Å². The van der Waals surface area contributed by atoms with Gasteiger partial charge in [0.1, 0.15) is 0 Å². The SMILES string of the molecule is CCCCCCCC/C=C/CCCCCCCCN(CCC(=O)[O-])CCC(=O)[O-].[Na+].[Na+]. The van der Waals surface area contributed by atoms with Crippen LogP contribution in [0.3, 0.4) is 0 Å². The maximum atomic E-state index is 10.6. The average Bonchev–Trinajstić information content (AvgIpc) is 2.68. The van der Waals surface area contributed by atoms with Gasteiger partial charge in [-0.1, -0.05) is 76.9 Å². The molecule has 0 fully saturated rings. The van der Waals surface area contributed by atoms with E-state index in [-0.39, 0.29) is 72.0 Å². The van der Waals surface area contributed by atoms with Gasteiger partial charge in [-0.2, -0.15) is 0 Å². The Balaban J connectivity index is -0.00000392. The second-order valence-electron chi connectivity index (χ2n) is 8.02. The maximum Gasteiger partial charge on any atom is 1.00 e. The van der Waals surface area contributed by atoms with Crippen molar-refractivity contribution in [1.29, 1.82) is 0 Å². The molecule has 0 aromatic rings. The number of unbranched alkanes of at least 4 members (excludes halogenated alkanes) is 12. The Morgan fingerprint density at radius 3 is 1.42 bits per heavy atom. The average molecular weight is 456 g/mol. The molecule has 0 aliphatic heterocycles. The number of carbonyl (C=O) groups excluding carboxylic acids is 2. The molecule has 0 heterocycles. The van der Waals surface area contributed by atoms with Gasteiger partial charge in [-0.05, 0) is 51.5 Å². The van der Waals surface area contributed by atoms with E-state index in [0.717, 1.165) is 19.4 Å². The fraction of sp³-hybridized carbons (Fsp3) is 0.833. The first-order chi connectivity index (χ1) is 14.1. The molecule has 170 valence electrons. The van der Waals surface area contributed by atoms with Crippen LogP contribution in [0.4, 0.5) is 0 Å². The molecule has 0 bridgehead atoms. The van der Waals surface area contributed by atoms with Crippen LogP contribution in [0, 0.1) is 0 Å². The number of nitrogens with zero attached hydrogens (tertiary/aromatic N) is 1. The smallest absolute Gasteiger partial charge is 0.550 e. The third-order valence-corrected chi connectivity index (χ3v) is 5.25. The molecule has 0 aromatic carbocycles. The molecule has 31 heavy (non-hydrogen) atoms. The first-order valence-corrected chi connectivity index (χ1v) is 11.8. The molecule has 0 amide bonds. The summed E-state index contributed by atoms with van der Waals surface area (Å²) in [6.07, 6.45) is 22.1. The largest absolute Gasteiger partial charge is 1.00 e. The third kappa shape index (κ3) is 30.6. The number of hydrogen-bond acceptors (Lipinski definition) is 5. The summed E-state index contributed by atoms with van der Waals surface area (Å²) in [6, 6.07) is 0. The zero-order valence-electron chi connectivity index (χ0n) is 20.7. The predicted molar refractivity (Wildman–Crippen MR) is 115 cm³/mol. The van der Waals surface area contributed by atoms with Crippen molar-refractivity contribution in [2.45, 2.75) is 110 Å². The van der Waals surface area contributed by atoms with Gasteiger partial charge in [0.05, 0.1) is 0 Å². The molecule has 0 unspecified atom stereocenters. The van der Waals surface area contributed by atoms with Crippen molar-refractivity contribution in [2.24, 2.45) is 0 Å². The van der Waals surface area contributed by atoms with E-state index < -0.39 is 11.9 Å². The van der Waals surface area contributed by atoms with Crippen LogP contribution in [0.2, 0.25) is 0 Å². The van der Waals surface area contributed by atoms with Gasteiger partial charge < -0.3 is 24.7 Å². The molecular weight excluding hydrogens is 412 g/mol. The summed E-state index contributed by atoms with van der Waals surface area (Å²) in [5.41, 5.74) is 0. The molecule has 0 aromatic heterocycles. The number of allylic oxidation sites excluding steroid dienone is 2. The van der Waals surface area contributed by atoms with Crippen LogP contribution in [0.25, 0.3) is 0 Å². The van der Waals surface area contributed by atoms with Crippen molar-refractivity contribution in [1.82, 2.24) is 4.90 Å². The summed E-state index contributed by atoms with van der Waals surface area (Å²) < 4.78 is 0. The predicted octanol–water partition coefficient (Wildman–Crippen LogP) is -2.39. The Labute approximate surface area is 235 Å². The topological polar surface area (TPSA) is 83.5 Å². The fourth-order valence-electron chi connectivity index (χ4n) is 3.42. The van der Waals surface area contributed by atoms with Crippen LogP contribution >= 0.6 is 0 Å². The maximum absolute atomic E-state index is 10.6. The third-order valence-electron chi connectivity index (χ3n) is 5.25. The van der Waals surface area contributed by atoms with Crippen molar-refractivity contribution in [3.63, 3.8) is 0 Å². The number of carboxylic acid groups (broad SMARTS) is 2. The van der Waals surface area contributed by atoms with E-state index in [1.165, 1.54) is 77.0 Å². The number of rotatable bonds is 22. The monoisotopic (exact) mass is 455 g/mol. The fourth-order valence-corrected chi connectivity index (χ4v) is 3.42. The van der Waals surface area contributed by atoms with E-state index in [1.807, 2.05) is 4.90 Å². The van der Waals surface area contributed by atoms with Crippen molar-refractivity contribution in [3.8, 4) is 0 Å². The summed E-state index contributed by atoms with van der Waals surface area (Å²) in [6.45, 7) is 3.69. The minimum atomic E-state index is -1.09. The number of hydrogen-bond donors (Lipinski definition) is 0. The van der Waals surface area contributed by atoms with E-state index in [4.69, 9.17) is 0 Å². The molecule has 0 atom stereocenters. The number of aliphatic carboxylic acids is 2. The first-order valence-electron chi connectivity index (χ1n) is 11.8. The minimum Gasteiger partial charge on any atom is -0.550 e. The molecule has 0 saturated carbocycles. The van der Waals surface area contributed by atoms with Crippen LogP contribution < -0.4 is 69.3 Å². The Morgan fingerprint density at radius 1 is 0.613 bits per heavy atom. The summed E-state index contributed by atoms with van der Waals surface area (Å²) in [4.78, 5) is 23.1. The van der Waals surface area contributed by atoms with Gasteiger partial charge in [-0.3, -0.25) is 0 Å². The van der Waals surface area contributed by atoms with Gasteiger partial charge in [0.25, 0.3) is 0 Å². The van der Waals surface area contributed by atoms with Crippen LogP contribution in [-0.2, 0) is 9.59 Å².